The molecule has 7 heteroatoms. The summed E-state index contributed by atoms with van der Waals surface area (Å²) in [6.07, 6.45) is 3.34. The van der Waals surface area contributed by atoms with Gasteiger partial charge in [-0.3, -0.25) is 4.79 Å². The third kappa shape index (κ3) is 4.92. The van der Waals surface area contributed by atoms with E-state index in [9.17, 15) is 9.59 Å². The van der Waals surface area contributed by atoms with Crippen molar-refractivity contribution < 1.29 is 9.59 Å². The Kier molecular flexibility index (Phi) is 6.38. The van der Waals surface area contributed by atoms with Crippen LogP contribution in [0.25, 0.3) is 0 Å². The summed E-state index contributed by atoms with van der Waals surface area (Å²) in [7, 11) is 0. The standard InChI is InChI=1S/C16H26N4O2S/c1-4-13(20-9-5-6-15(20)21)7-8-17-16(22)18-10-14-19-11(2)12(3)23-14/h13H,4-10H2,1-3H3,(H2,17,18,22). The average Bonchev–Trinajstić information content (AvgIpc) is 3.08. The van der Waals surface area contributed by atoms with Crippen LogP contribution in [0.1, 0.15) is 48.2 Å². The second-order valence-electron chi connectivity index (χ2n) is 5.90. The lowest BCUT2D eigenvalue weighted by Gasteiger charge is -2.26. The van der Waals surface area contributed by atoms with Gasteiger partial charge in [0.15, 0.2) is 0 Å². The SMILES string of the molecule is CCC(CCNC(=O)NCc1nc(C)c(C)s1)N1CCCC1=O. The van der Waals surface area contributed by atoms with Crippen molar-refractivity contribution >= 4 is 23.3 Å². The van der Waals surface area contributed by atoms with Crippen LogP contribution in [-0.2, 0) is 11.3 Å². The van der Waals surface area contributed by atoms with E-state index < -0.39 is 0 Å². The number of likely N-dealkylation sites (tertiary alicyclic amines) is 1. The fourth-order valence-electron chi connectivity index (χ4n) is 2.82. The number of nitrogens with zero attached hydrogens (tertiary/aromatic N) is 2. The molecular weight excluding hydrogens is 312 g/mol. The topological polar surface area (TPSA) is 74.3 Å². The Morgan fingerprint density at radius 3 is 2.74 bits per heavy atom. The van der Waals surface area contributed by atoms with Crippen molar-refractivity contribution in [3.8, 4) is 0 Å². The summed E-state index contributed by atoms with van der Waals surface area (Å²) in [5, 5.41) is 6.61. The van der Waals surface area contributed by atoms with Crippen LogP contribution in [0.4, 0.5) is 4.79 Å². The summed E-state index contributed by atoms with van der Waals surface area (Å²) >= 11 is 1.61. The zero-order chi connectivity index (χ0) is 16.8. The first-order chi connectivity index (χ1) is 11.0. The highest BCUT2D eigenvalue weighted by Crippen LogP contribution is 2.18. The zero-order valence-corrected chi connectivity index (χ0v) is 15.0. The number of nitrogens with one attached hydrogen (secondary N) is 2. The van der Waals surface area contributed by atoms with Crippen LogP contribution in [0.5, 0.6) is 0 Å². The van der Waals surface area contributed by atoms with Gasteiger partial charge >= 0.3 is 6.03 Å². The van der Waals surface area contributed by atoms with Crippen molar-refractivity contribution in [2.75, 3.05) is 13.1 Å². The van der Waals surface area contributed by atoms with Gasteiger partial charge in [0.05, 0.1) is 12.2 Å². The first-order valence-electron chi connectivity index (χ1n) is 8.25. The van der Waals surface area contributed by atoms with Gasteiger partial charge in [0.25, 0.3) is 0 Å². The molecule has 0 aliphatic carbocycles. The van der Waals surface area contributed by atoms with E-state index in [0.717, 1.165) is 36.5 Å². The Bertz CT molecular complexity index is 539. The molecule has 1 aromatic rings. The third-order valence-electron chi connectivity index (χ3n) is 4.26. The number of amides is 3. The van der Waals surface area contributed by atoms with Gasteiger partial charge in [0.1, 0.15) is 5.01 Å². The Morgan fingerprint density at radius 2 is 2.17 bits per heavy atom. The predicted octanol–water partition coefficient (Wildman–Crippen LogP) is 2.35. The number of aromatic nitrogens is 1. The van der Waals surface area contributed by atoms with E-state index in [1.807, 2.05) is 18.7 Å². The number of carbonyl (C=O) groups is 2. The first kappa shape index (κ1) is 17.7. The normalized spacial score (nSPS) is 15.8. The summed E-state index contributed by atoms with van der Waals surface area (Å²) < 4.78 is 0. The highest BCUT2D eigenvalue weighted by molar-refractivity contribution is 7.11. The minimum atomic E-state index is -0.182. The van der Waals surface area contributed by atoms with Gasteiger partial charge in [-0.25, -0.2) is 9.78 Å². The highest BCUT2D eigenvalue weighted by Gasteiger charge is 2.26. The lowest BCUT2D eigenvalue weighted by Crippen LogP contribution is -2.41. The molecule has 23 heavy (non-hydrogen) atoms. The Labute approximate surface area is 141 Å². The average molecular weight is 338 g/mol. The van der Waals surface area contributed by atoms with Crippen LogP contribution < -0.4 is 10.6 Å². The van der Waals surface area contributed by atoms with Gasteiger partial charge < -0.3 is 15.5 Å². The lowest BCUT2D eigenvalue weighted by atomic mass is 10.1. The molecule has 1 fully saturated rings. The molecule has 2 heterocycles. The molecule has 2 N–H and O–H groups in total. The minimum Gasteiger partial charge on any atom is -0.340 e. The summed E-state index contributed by atoms with van der Waals surface area (Å²) in [6, 6.07) is 0.0488. The number of thiazole rings is 1. The molecule has 0 radical (unpaired) electrons. The molecule has 6 nitrogen and oxygen atoms in total. The summed E-state index contributed by atoms with van der Waals surface area (Å²) in [4.78, 5) is 31.2. The first-order valence-corrected chi connectivity index (χ1v) is 9.07. The van der Waals surface area contributed by atoms with E-state index >= 15 is 0 Å². The molecule has 0 saturated carbocycles. The Morgan fingerprint density at radius 1 is 1.39 bits per heavy atom. The van der Waals surface area contributed by atoms with Crippen LogP contribution in [0, 0.1) is 13.8 Å². The molecule has 1 aliphatic rings. The van der Waals surface area contributed by atoms with E-state index in [4.69, 9.17) is 0 Å². The zero-order valence-electron chi connectivity index (χ0n) is 14.1. The quantitative estimate of drug-likeness (QED) is 0.801. The van der Waals surface area contributed by atoms with Gasteiger partial charge in [-0.2, -0.15) is 0 Å². The summed E-state index contributed by atoms with van der Waals surface area (Å²) in [5.41, 5.74) is 1.02. The molecule has 128 valence electrons. The molecular formula is C16H26N4O2S. The van der Waals surface area contributed by atoms with Gasteiger partial charge in [0.2, 0.25) is 5.91 Å². The van der Waals surface area contributed by atoms with Gasteiger partial charge in [0, 0.05) is 30.4 Å². The van der Waals surface area contributed by atoms with Crippen LogP contribution in [0.2, 0.25) is 0 Å². The number of urea groups is 1. The largest absolute Gasteiger partial charge is 0.340 e. The lowest BCUT2D eigenvalue weighted by molar-refractivity contribution is -0.129. The molecule has 1 atom stereocenters. The van der Waals surface area contributed by atoms with Crippen LogP contribution >= 0.6 is 11.3 Å². The number of carbonyl (C=O) groups excluding carboxylic acids is 2. The second kappa shape index (κ2) is 8.29. The monoisotopic (exact) mass is 338 g/mol. The molecule has 2 rings (SSSR count). The minimum absolute atomic E-state index is 0.182. The maximum absolute atomic E-state index is 11.8. The Hall–Kier alpha value is -1.63. The van der Waals surface area contributed by atoms with Crippen molar-refractivity contribution in [3.63, 3.8) is 0 Å². The highest BCUT2D eigenvalue weighted by atomic mass is 32.1. The fourth-order valence-corrected chi connectivity index (χ4v) is 3.69. The van der Waals surface area contributed by atoms with Crippen molar-refractivity contribution in [2.24, 2.45) is 0 Å². The maximum Gasteiger partial charge on any atom is 0.315 e. The molecule has 1 aromatic heterocycles. The van der Waals surface area contributed by atoms with Crippen molar-refractivity contribution in [2.45, 2.75) is 59.0 Å². The molecule has 1 saturated heterocycles. The fraction of sp³-hybridized carbons (Fsp3) is 0.688. The van der Waals surface area contributed by atoms with Crippen LogP contribution in [0.15, 0.2) is 0 Å². The van der Waals surface area contributed by atoms with E-state index in [1.54, 1.807) is 11.3 Å². The van der Waals surface area contributed by atoms with Crippen molar-refractivity contribution in [3.05, 3.63) is 15.6 Å². The molecule has 3 amide bonds. The summed E-state index contributed by atoms with van der Waals surface area (Å²) in [6.45, 7) is 7.97. The molecule has 0 aromatic carbocycles. The number of aryl methyl sites for hydroxylation is 2. The molecule has 0 bridgehead atoms. The number of hydrogen-bond donors (Lipinski definition) is 2. The van der Waals surface area contributed by atoms with Gasteiger partial charge in [-0.15, -0.1) is 11.3 Å². The third-order valence-corrected chi connectivity index (χ3v) is 5.33. The number of hydrogen-bond acceptors (Lipinski definition) is 4. The predicted molar refractivity (Wildman–Crippen MR) is 91.5 cm³/mol. The smallest absolute Gasteiger partial charge is 0.315 e. The molecule has 1 unspecified atom stereocenters. The van der Waals surface area contributed by atoms with Gasteiger partial charge in [-0.1, -0.05) is 6.92 Å². The summed E-state index contributed by atoms with van der Waals surface area (Å²) in [5.74, 6) is 0.246. The van der Waals surface area contributed by atoms with Crippen molar-refractivity contribution in [1.29, 1.82) is 0 Å². The molecule has 0 spiro atoms. The second-order valence-corrected chi connectivity index (χ2v) is 7.19. The van der Waals surface area contributed by atoms with Gasteiger partial charge in [-0.05, 0) is 33.1 Å². The van der Waals surface area contributed by atoms with E-state index in [0.29, 0.717) is 19.5 Å². The van der Waals surface area contributed by atoms with Crippen molar-refractivity contribution in [1.82, 2.24) is 20.5 Å². The van der Waals surface area contributed by atoms with Crippen LogP contribution in [0.3, 0.4) is 0 Å². The Balaban J connectivity index is 1.68. The maximum atomic E-state index is 11.8. The van der Waals surface area contributed by atoms with E-state index in [1.165, 1.54) is 4.88 Å². The van der Waals surface area contributed by atoms with E-state index in [-0.39, 0.29) is 18.0 Å². The molecule has 1 aliphatic heterocycles. The number of rotatable bonds is 7. The van der Waals surface area contributed by atoms with Crippen LogP contribution in [-0.4, -0.2) is 41.0 Å². The van der Waals surface area contributed by atoms with E-state index in [2.05, 4.69) is 22.5 Å².